The molecule has 1 aliphatic rings. The van der Waals surface area contributed by atoms with Crippen molar-refractivity contribution in [1.29, 1.82) is 0 Å². The van der Waals surface area contributed by atoms with E-state index >= 15 is 0 Å². The number of hydrogen-bond acceptors (Lipinski definition) is 2. The Hall–Kier alpha value is -2.72. The van der Waals surface area contributed by atoms with Crippen molar-refractivity contribution in [2.24, 2.45) is 0 Å². The predicted octanol–water partition coefficient (Wildman–Crippen LogP) is 4.74. The number of carbonyl (C=O) groups excluding carboxylic acids is 2. The molecule has 4 rings (SSSR count). The molecule has 0 radical (unpaired) electrons. The zero-order valence-corrected chi connectivity index (χ0v) is 13.4. The molecule has 0 atom stereocenters. The highest BCUT2D eigenvalue weighted by Gasteiger charge is 2.35. The van der Waals surface area contributed by atoms with Crippen molar-refractivity contribution in [1.82, 2.24) is 0 Å². The summed E-state index contributed by atoms with van der Waals surface area (Å²) in [7, 11) is 0. The number of carbonyl (C=O) groups is 2. The molecule has 0 unspecified atom stereocenters. The first kappa shape index (κ1) is 14.8. The van der Waals surface area contributed by atoms with Crippen molar-refractivity contribution in [3.8, 4) is 0 Å². The van der Waals surface area contributed by atoms with Gasteiger partial charge in [0.2, 0.25) is 0 Å². The minimum atomic E-state index is -0.483. The van der Waals surface area contributed by atoms with Gasteiger partial charge in [-0.05, 0) is 42.1 Å². The predicted molar refractivity (Wildman–Crippen MR) is 91.2 cm³/mol. The van der Waals surface area contributed by atoms with Crippen LogP contribution in [0.3, 0.4) is 0 Å². The molecule has 3 aromatic rings. The van der Waals surface area contributed by atoms with E-state index in [1.54, 1.807) is 31.2 Å². The van der Waals surface area contributed by atoms with Crippen LogP contribution in [0.1, 0.15) is 26.3 Å². The fourth-order valence-corrected chi connectivity index (χ4v) is 3.30. The Morgan fingerprint density at radius 3 is 2.12 bits per heavy atom. The van der Waals surface area contributed by atoms with Crippen LogP contribution in [0.4, 0.5) is 10.1 Å². The molecule has 3 nitrogen and oxygen atoms in total. The maximum absolute atomic E-state index is 13.7. The zero-order valence-electron chi connectivity index (χ0n) is 12.6. The van der Waals surface area contributed by atoms with Gasteiger partial charge in [-0.15, -0.1) is 0 Å². The van der Waals surface area contributed by atoms with E-state index in [0.29, 0.717) is 22.1 Å². The van der Waals surface area contributed by atoms with Crippen molar-refractivity contribution < 1.29 is 14.0 Å². The van der Waals surface area contributed by atoms with Gasteiger partial charge in [0, 0.05) is 16.5 Å². The van der Waals surface area contributed by atoms with Gasteiger partial charge in [0.15, 0.2) is 0 Å². The van der Waals surface area contributed by atoms with Crippen molar-refractivity contribution >= 4 is 39.9 Å². The molecule has 0 bridgehead atoms. The van der Waals surface area contributed by atoms with Gasteiger partial charge in [-0.2, -0.15) is 0 Å². The van der Waals surface area contributed by atoms with E-state index in [9.17, 15) is 14.0 Å². The Balaban J connectivity index is 2.00. The number of anilines is 1. The fraction of sp³-hybridized carbons (Fsp3) is 0.0526. The first-order chi connectivity index (χ1) is 11.5. The van der Waals surface area contributed by atoms with Crippen molar-refractivity contribution in [2.75, 3.05) is 4.90 Å². The van der Waals surface area contributed by atoms with Crippen LogP contribution in [0.25, 0.3) is 10.8 Å². The smallest absolute Gasteiger partial charge is 0.266 e. The SMILES string of the molecule is Cc1cc(N2C(=O)c3cccc4cccc(c34)C2=O)c(Cl)cc1F. The number of rotatable bonds is 1. The van der Waals surface area contributed by atoms with E-state index in [2.05, 4.69) is 0 Å². The van der Waals surface area contributed by atoms with E-state index in [1.807, 2.05) is 12.1 Å². The standard InChI is InChI=1S/C19H11ClFNO2/c1-10-8-16(14(20)9-15(10)21)22-18(23)12-6-2-4-11-5-3-7-13(17(11)12)19(22)24/h2-9H,1H3. The molecule has 0 saturated heterocycles. The zero-order chi connectivity index (χ0) is 17.0. The number of aryl methyl sites for hydroxylation is 1. The van der Waals surface area contributed by atoms with Crippen LogP contribution < -0.4 is 4.90 Å². The lowest BCUT2D eigenvalue weighted by molar-refractivity contribution is 0.0893. The molecule has 0 fully saturated rings. The van der Waals surface area contributed by atoms with Crippen molar-refractivity contribution in [2.45, 2.75) is 6.92 Å². The van der Waals surface area contributed by atoms with Gasteiger partial charge in [-0.25, -0.2) is 9.29 Å². The summed E-state index contributed by atoms with van der Waals surface area (Å²) in [4.78, 5) is 26.9. The normalized spacial score (nSPS) is 13.7. The molecule has 0 aliphatic carbocycles. The molecular formula is C19H11ClFNO2. The number of imide groups is 1. The second-order valence-corrected chi connectivity index (χ2v) is 6.11. The second kappa shape index (κ2) is 5.14. The maximum atomic E-state index is 13.7. The molecule has 3 aromatic carbocycles. The van der Waals surface area contributed by atoms with E-state index < -0.39 is 17.6 Å². The third-order valence-corrected chi connectivity index (χ3v) is 4.54. The second-order valence-electron chi connectivity index (χ2n) is 5.71. The molecule has 24 heavy (non-hydrogen) atoms. The summed E-state index contributed by atoms with van der Waals surface area (Å²) in [6, 6.07) is 13.1. The molecule has 0 aromatic heterocycles. The number of halogens is 2. The van der Waals surface area contributed by atoms with Gasteiger partial charge in [0.05, 0.1) is 10.7 Å². The quantitative estimate of drug-likeness (QED) is 0.600. The Kier molecular flexibility index (Phi) is 3.18. The van der Waals surface area contributed by atoms with Gasteiger partial charge in [-0.3, -0.25) is 9.59 Å². The summed E-state index contributed by atoms with van der Waals surface area (Å²) in [5, 5.41) is 1.49. The summed E-state index contributed by atoms with van der Waals surface area (Å²) in [5.74, 6) is -1.41. The van der Waals surface area contributed by atoms with Crippen molar-refractivity contribution in [3.05, 3.63) is 76.1 Å². The van der Waals surface area contributed by atoms with Crippen LogP contribution >= 0.6 is 11.6 Å². The monoisotopic (exact) mass is 339 g/mol. The molecule has 118 valence electrons. The average molecular weight is 340 g/mol. The van der Waals surface area contributed by atoms with E-state index in [4.69, 9.17) is 11.6 Å². The fourth-order valence-electron chi connectivity index (χ4n) is 3.06. The third-order valence-electron chi connectivity index (χ3n) is 4.24. The summed E-state index contributed by atoms with van der Waals surface area (Å²) in [5.41, 5.74) is 1.37. The minimum Gasteiger partial charge on any atom is -0.268 e. The van der Waals surface area contributed by atoms with Crippen LogP contribution in [0.2, 0.25) is 5.02 Å². The Morgan fingerprint density at radius 2 is 1.54 bits per heavy atom. The van der Waals surface area contributed by atoms with Crippen molar-refractivity contribution in [3.63, 3.8) is 0 Å². The van der Waals surface area contributed by atoms with Gasteiger partial charge in [0.25, 0.3) is 11.8 Å². The summed E-state index contributed by atoms with van der Waals surface area (Å²) in [6.07, 6.45) is 0. The molecule has 0 N–H and O–H groups in total. The number of benzene rings is 3. The lowest BCUT2D eigenvalue weighted by Crippen LogP contribution is -2.40. The van der Waals surface area contributed by atoms with Crippen LogP contribution in [-0.2, 0) is 0 Å². The topological polar surface area (TPSA) is 37.4 Å². The highest BCUT2D eigenvalue weighted by Crippen LogP contribution is 2.36. The summed E-state index contributed by atoms with van der Waals surface area (Å²) < 4.78 is 13.7. The maximum Gasteiger partial charge on any atom is 0.266 e. The highest BCUT2D eigenvalue weighted by molar-refractivity contribution is 6.40. The first-order valence-corrected chi connectivity index (χ1v) is 7.73. The van der Waals surface area contributed by atoms with E-state index in [-0.39, 0.29) is 10.7 Å². The Bertz CT molecular complexity index is 994. The molecule has 0 spiro atoms. The van der Waals surface area contributed by atoms with Crippen LogP contribution in [0.5, 0.6) is 0 Å². The number of nitrogens with zero attached hydrogens (tertiary/aromatic N) is 1. The molecule has 1 aliphatic heterocycles. The van der Waals surface area contributed by atoms with Gasteiger partial charge in [0.1, 0.15) is 5.82 Å². The van der Waals surface area contributed by atoms with E-state index in [0.717, 1.165) is 16.4 Å². The lowest BCUT2D eigenvalue weighted by atomic mass is 9.93. The minimum absolute atomic E-state index is 0.0198. The lowest BCUT2D eigenvalue weighted by Gasteiger charge is -2.28. The molecule has 0 saturated carbocycles. The summed E-state index contributed by atoms with van der Waals surface area (Å²) in [6.45, 7) is 1.56. The van der Waals surface area contributed by atoms with Gasteiger partial charge >= 0.3 is 0 Å². The van der Waals surface area contributed by atoms with Gasteiger partial charge in [-0.1, -0.05) is 35.9 Å². The summed E-state index contributed by atoms with van der Waals surface area (Å²) >= 11 is 6.11. The first-order valence-electron chi connectivity index (χ1n) is 7.35. The molecular weight excluding hydrogens is 329 g/mol. The Morgan fingerprint density at radius 1 is 0.958 bits per heavy atom. The molecule has 1 heterocycles. The van der Waals surface area contributed by atoms with Crippen LogP contribution in [0.15, 0.2) is 48.5 Å². The average Bonchev–Trinajstić information content (AvgIpc) is 2.57. The molecule has 2 amide bonds. The van der Waals surface area contributed by atoms with Crippen LogP contribution in [-0.4, -0.2) is 11.8 Å². The highest BCUT2D eigenvalue weighted by atomic mass is 35.5. The van der Waals surface area contributed by atoms with E-state index in [1.165, 1.54) is 6.07 Å². The molecule has 5 heteroatoms. The Labute approximate surface area is 142 Å². The number of amides is 2. The third kappa shape index (κ3) is 1.96. The largest absolute Gasteiger partial charge is 0.268 e. The van der Waals surface area contributed by atoms with Crippen LogP contribution in [0, 0.1) is 12.7 Å². The number of hydrogen-bond donors (Lipinski definition) is 0. The van der Waals surface area contributed by atoms with Gasteiger partial charge < -0.3 is 0 Å².